The molecule has 0 spiro atoms. The van der Waals surface area contributed by atoms with Crippen LogP contribution >= 0.6 is 11.8 Å². The van der Waals surface area contributed by atoms with Crippen LogP contribution in [0.2, 0.25) is 0 Å². The zero-order valence-electron chi connectivity index (χ0n) is 10.3. The Morgan fingerprint density at radius 2 is 2.22 bits per heavy atom. The third kappa shape index (κ3) is 3.66. The van der Waals surface area contributed by atoms with Gasteiger partial charge in [0.1, 0.15) is 0 Å². The van der Waals surface area contributed by atoms with Gasteiger partial charge >= 0.3 is 0 Å². The first-order valence-corrected chi connectivity index (χ1v) is 6.59. The number of thioether (sulfide) groups is 1. The second-order valence-corrected chi connectivity index (χ2v) is 5.00. The maximum atomic E-state index is 10.9. The first-order chi connectivity index (χ1) is 8.47. The van der Waals surface area contributed by atoms with Crippen molar-refractivity contribution in [1.29, 1.82) is 0 Å². The van der Waals surface area contributed by atoms with Crippen molar-refractivity contribution in [1.82, 2.24) is 4.98 Å². The van der Waals surface area contributed by atoms with E-state index in [2.05, 4.69) is 4.98 Å². The van der Waals surface area contributed by atoms with Gasteiger partial charge in [0.15, 0.2) is 0 Å². The molecule has 7 heteroatoms. The van der Waals surface area contributed by atoms with Crippen molar-refractivity contribution >= 4 is 17.4 Å². The fourth-order valence-electron chi connectivity index (χ4n) is 1.54. The number of aryl methyl sites for hydroxylation is 1. The number of hydrogen-bond donors (Lipinski definition) is 2. The predicted octanol–water partition coefficient (Wildman–Crippen LogP) is 1.19. The molecule has 1 unspecified atom stereocenters. The van der Waals surface area contributed by atoms with Crippen LogP contribution in [0.5, 0.6) is 0 Å². The SMILES string of the molecule is Cc1cnc(CSCC(O)CO)c(C)c1[N+](=O)[O-]. The number of aromatic nitrogens is 1. The summed E-state index contributed by atoms with van der Waals surface area (Å²) in [6, 6.07) is 0. The van der Waals surface area contributed by atoms with Gasteiger partial charge in [-0.3, -0.25) is 15.1 Å². The minimum Gasteiger partial charge on any atom is -0.394 e. The van der Waals surface area contributed by atoms with Crippen LogP contribution in [0.25, 0.3) is 0 Å². The van der Waals surface area contributed by atoms with E-state index in [4.69, 9.17) is 5.11 Å². The van der Waals surface area contributed by atoms with Gasteiger partial charge in [-0.1, -0.05) is 0 Å². The Morgan fingerprint density at radius 1 is 1.56 bits per heavy atom. The van der Waals surface area contributed by atoms with Gasteiger partial charge in [0.2, 0.25) is 0 Å². The van der Waals surface area contributed by atoms with Crippen molar-refractivity contribution in [3.8, 4) is 0 Å². The summed E-state index contributed by atoms with van der Waals surface area (Å²) in [5.41, 5.74) is 1.85. The predicted molar refractivity (Wildman–Crippen MR) is 69.6 cm³/mol. The standard InChI is InChI=1S/C11H16N2O4S/c1-7-3-12-10(6-18-5-9(15)4-14)8(2)11(7)13(16)17/h3,9,14-15H,4-6H2,1-2H3. The molecule has 0 saturated carbocycles. The van der Waals surface area contributed by atoms with Gasteiger partial charge in [-0.15, -0.1) is 0 Å². The quantitative estimate of drug-likeness (QED) is 0.596. The van der Waals surface area contributed by atoms with Gasteiger partial charge in [-0.2, -0.15) is 11.8 Å². The second-order valence-electron chi connectivity index (χ2n) is 3.97. The largest absolute Gasteiger partial charge is 0.394 e. The molecule has 1 rings (SSSR count). The van der Waals surface area contributed by atoms with E-state index >= 15 is 0 Å². The molecule has 0 amide bonds. The molecule has 0 saturated heterocycles. The highest BCUT2D eigenvalue weighted by Crippen LogP contribution is 2.26. The van der Waals surface area contributed by atoms with Crippen molar-refractivity contribution in [3.05, 3.63) is 33.1 Å². The van der Waals surface area contributed by atoms with Gasteiger partial charge in [0.25, 0.3) is 5.69 Å². The van der Waals surface area contributed by atoms with Crippen LogP contribution in [0, 0.1) is 24.0 Å². The summed E-state index contributed by atoms with van der Waals surface area (Å²) >= 11 is 1.38. The summed E-state index contributed by atoms with van der Waals surface area (Å²) in [7, 11) is 0. The maximum Gasteiger partial charge on any atom is 0.278 e. The number of hydrogen-bond acceptors (Lipinski definition) is 6. The van der Waals surface area contributed by atoms with E-state index in [0.717, 1.165) is 0 Å². The average Bonchev–Trinajstić information content (AvgIpc) is 2.31. The number of nitro groups is 1. The topological polar surface area (TPSA) is 96.5 Å². The molecule has 2 N–H and O–H groups in total. The van der Waals surface area contributed by atoms with Crippen LogP contribution in [0.4, 0.5) is 5.69 Å². The second kappa shape index (κ2) is 6.67. The molecule has 1 heterocycles. The normalized spacial score (nSPS) is 12.4. The Labute approximate surface area is 109 Å². The fourth-order valence-corrected chi connectivity index (χ4v) is 2.52. The van der Waals surface area contributed by atoms with Gasteiger partial charge in [0, 0.05) is 28.8 Å². The minimum atomic E-state index is -0.768. The molecule has 0 aliphatic rings. The summed E-state index contributed by atoms with van der Waals surface area (Å²) in [4.78, 5) is 14.7. The van der Waals surface area contributed by atoms with Crippen LogP contribution in [0.3, 0.4) is 0 Å². The smallest absolute Gasteiger partial charge is 0.278 e. The van der Waals surface area contributed by atoms with E-state index < -0.39 is 11.0 Å². The lowest BCUT2D eigenvalue weighted by atomic mass is 10.1. The highest BCUT2D eigenvalue weighted by Gasteiger charge is 2.18. The first-order valence-electron chi connectivity index (χ1n) is 5.43. The molecular weight excluding hydrogens is 256 g/mol. The summed E-state index contributed by atoms with van der Waals surface area (Å²) in [6.45, 7) is 3.05. The monoisotopic (exact) mass is 272 g/mol. The number of aliphatic hydroxyl groups is 2. The molecule has 0 aromatic carbocycles. The summed E-state index contributed by atoms with van der Waals surface area (Å²) in [6.07, 6.45) is 0.722. The molecule has 0 fully saturated rings. The van der Waals surface area contributed by atoms with E-state index in [9.17, 15) is 15.2 Å². The number of nitrogens with zero attached hydrogens (tertiary/aromatic N) is 2. The highest BCUT2D eigenvalue weighted by molar-refractivity contribution is 7.98. The van der Waals surface area contributed by atoms with Gasteiger partial charge in [-0.25, -0.2) is 0 Å². The Kier molecular flexibility index (Phi) is 5.52. The van der Waals surface area contributed by atoms with Crippen LogP contribution in [-0.2, 0) is 5.75 Å². The van der Waals surface area contributed by atoms with Gasteiger partial charge in [-0.05, 0) is 13.8 Å². The maximum absolute atomic E-state index is 10.9. The summed E-state index contributed by atoms with van der Waals surface area (Å²) in [5, 5.41) is 28.8. The van der Waals surface area contributed by atoms with Crippen LogP contribution < -0.4 is 0 Å². The van der Waals surface area contributed by atoms with E-state index in [1.54, 1.807) is 13.8 Å². The van der Waals surface area contributed by atoms with Crippen molar-refractivity contribution in [3.63, 3.8) is 0 Å². The summed E-state index contributed by atoms with van der Waals surface area (Å²) in [5.74, 6) is 0.851. The van der Waals surface area contributed by atoms with Gasteiger partial charge in [0.05, 0.1) is 23.3 Å². The van der Waals surface area contributed by atoms with Crippen LogP contribution in [0.1, 0.15) is 16.8 Å². The summed E-state index contributed by atoms with van der Waals surface area (Å²) < 4.78 is 0. The molecule has 0 bridgehead atoms. The van der Waals surface area contributed by atoms with Crippen molar-refractivity contribution in [2.24, 2.45) is 0 Å². The number of pyridine rings is 1. The zero-order chi connectivity index (χ0) is 13.7. The Morgan fingerprint density at radius 3 is 2.78 bits per heavy atom. The molecule has 0 radical (unpaired) electrons. The molecule has 1 aromatic rings. The minimum absolute atomic E-state index is 0.100. The Balaban J connectivity index is 2.79. The van der Waals surface area contributed by atoms with Gasteiger partial charge < -0.3 is 10.2 Å². The van der Waals surface area contributed by atoms with E-state index in [0.29, 0.717) is 28.3 Å². The lowest BCUT2D eigenvalue weighted by molar-refractivity contribution is -0.386. The lowest BCUT2D eigenvalue weighted by Crippen LogP contribution is -2.15. The van der Waals surface area contributed by atoms with Crippen molar-refractivity contribution in [2.75, 3.05) is 12.4 Å². The zero-order valence-corrected chi connectivity index (χ0v) is 11.1. The lowest BCUT2D eigenvalue weighted by Gasteiger charge is -2.09. The van der Waals surface area contributed by atoms with E-state index in [1.165, 1.54) is 18.0 Å². The van der Waals surface area contributed by atoms with Crippen LogP contribution in [0.15, 0.2) is 6.20 Å². The first kappa shape index (κ1) is 14.9. The third-order valence-electron chi connectivity index (χ3n) is 2.52. The number of rotatable bonds is 6. The molecule has 18 heavy (non-hydrogen) atoms. The van der Waals surface area contributed by atoms with E-state index in [1.807, 2.05) is 0 Å². The molecule has 0 aliphatic heterocycles. The molecule has 0 aliphatic carbocycles. The third-order valence-corrected chi connectivity index (χ3v) is 3.62. The van der Waals surface area contributed by atoms with Crippen molar-refractivity contribution < 1.29 is 15.1 Å². The molecule has 1 aromatic heterocycles. The average molecular weight is 272 g/mol. The molecule has 6 nitrogen and oxygen atoms in total. The van der Waals surface area contributed by atoms with E-state index in [-0.39, 0.29) is 12.3 Å². The Bertz CT molecular complexity index is 439. The van der Waals surface area contributed by atoms with Crippen molar-refractivity contribution in [2.45, 2.75) is 25.7 Å². The highest BCUT2D eigenvalue weighted by atomic mass is 32.2. The molecule has 100 valence electrons. The van der Waals surface area contributed by atoms with Crippen LogP contribution in [-0.4, -0.2) is 38.6 Å². The number of aliphatic hydroxyl groups excluding tert-OH is 2. The Hall–Kier alpha value is -1.18. The molecule has 1 atom stereocenters. The molecular formula is C11H16N2O4S. The fraction of sp³-hybridized carbons (Fsp3) is 0.545.